The highest BCUT2D eigenvalue weighted by Gasteiger charge is 1.92. The Bertz CT molecular complexity index is 175. The first-order valence-corrected chi connectivity index (χ1v) is 3.59. The fourth-order valence-corrected chi connectivity index (χ4v) is 0.770. The summed E-state index contributed by atoms with van der Waals surface area (Å²) < 4.78 is 5.06. The maximum atomic E-state index is 8.38. The Morgan fingerprint density at radius 1 is 1.55 bits per heavy atom. The molecule has 4 nitrogen and oxygen atoms in total. The number of hydrogen-bond donors (Lipinski definition) is 2. The van der Waals surface area contributed by atoms with E-state index in [2.05, 4.69) is 9.97 Å². The predicted molar refractivity (Wildman–Crippen MR) is 40.2 cm³/mol. The minimum absolute atomic E-state index is 0.0863. The van der Waals surface area contributed by atoms with Crippen LogP contribution in [0.2, 0.25) is 0 Å². The van der Waals surface area contributed by atoms with Gasteiger partial charge in [-0.2, -0.15) is 0 Å². The number of aliphatic hydroxyl groups excluding tert-OH is 1. The Morgan fingerprint density at radius 3 is 3.09 bits per heavy atom. The van der Waals surface area contributed by atoms with Crippen LogP contribution in [0.25, 0.3) is 0 Å². The lowest BCUT2D eigenvalue weighted by molar-refractivity contribution is 0.0941. The van der Waals surface area contributed by atoms with Crippen LogP contribution in [-0.2, 0) is 11.2 Å². The molecule has 0 aliphatic heterocycles. The second kappa shape index (κ2) is 4.87. The number of aromatic nitrogens is 2. The molecule has 1 heterocycles. The molecule has 0 unspecified atom stereocenters. The van der Waals surface area contributed by atoms with Gasteiger partial charge in [0.2, 0.25) is 0 Å². The quantitative estimate of drug-likeness (QED) is 0.588. The molecule has 1 aromatic heterocycles. The van der Waals surface area contributed by atoms with Gasteiger partial charge in [-0.05, 0) is 0 Å². The molecule has 1 aromatic rings. The molecule has 0 saturated carbocycles. The molecule has 0 fully saturated rings. The van der Waals surface area contributed by atoms with Gasteiger partial charge < -0.3 is 14.8 Å². The van der Waals surface area contributed by atoms with E-state index < -0.39 is 0 Å². The number of aromatic amines is 1. The number of hydrogen-bond acceptors (Lipinski definition) is 3. The van der Waals surface area contributed by atoms with E-state index in [1.54, 1.807) is 12.5 Å². The number of nitrogens with zero attached hydrogens (tertiary/aromatic N) is 1. The number of nitrogens with one attached hydrogen (secondary N) is 1. The average Bonchev–Trinajstić information content (AvgIpc) is 2.50. The van der Waals surface area contributed by atoms with Crippen molar-refractivity contribution in [1.82, 2.24) is 9.97 Å². The predicted octanol–water partition coefficient (Wildman–Crippen LogP) is -0.0389. The van der Waals surface area contributed by atoms with Crippen molar-refractivity contribution in [3.8, 4) is 0 Å². The highest BCUT2D eigenvalue weighted by atomic mass is 16.5. The molecule has 0 atom stereocenters. The number of ether oxygens (including phenoxy) is 1. The minimum atomic E-state index is 0.0863. The standard InChI is InChI=1S/C7H12N2O2/c10-2-4-11-3-1-7-5-8-6-9-7/h5-6,10H,1-4H2,(H,8,9). The van der Waals surface area contributed by atoms with Gasteiger partial charge in [-0.1, -0.05) is 0 Å². The van der Waals surface area contributed by atoms with Gasteiger partial charge in [0.05, 0.1) is 26.1 Å². The van der Waals surface area contributed by atoms with Gasteiger partial charge in [0, 0.05) is 18.3 Å². The largest absolute Gasteiger partial charge is 0.394 e. The Kier molecular flexibility index (Phi) is 3.64. The van der Waals surface area contributed by atoms with E-state index in [0.29, 0.717) is 13.2 Å². The smallest absolute Gasteiger partial charge is 0.0921 e. The summed E-state index contributed by atoms with van der Waals surface area (Å²) in [6, 6.07) is 0. The van der Waals surface area contributed by atoms with E-state index >= 15 is 0 Å². The van der Waals surface area contributed by atoms with Crippen molar-refractivity contribution in [1.29, 1.82) is 0 Å². The van der Waals surface area contributed by atoms with Crippen LogP contribution in [0.1, 0.15) is 5.69 Å². The summed E-state index contributed by atoms with van der Waals surface area (Å²) >= 11 is 0. The normalized spacial score (nSPS) is 10.3. The molecule has 0 amide bonds. The van der Waals surface area contributed by atoms with Gasteiger partial charge in [-0.15, -0.1) is 0 Å². The van der Waals surface area contributed by atoms with Crippen LogP contribution in [0, 0.1) is 0 Å². The maximum Gasteiger partial charge on any atom is 0.0921 e. The van der Waals surface area contributed by atoms with Gasteiger partial charge in [0.25, 0.3) is 0 Å². The maximum absolute atomic E-state index is 8.38. The van der Waals surface area contributed by atoms with Crippen molar-refractivity contribution < 1.29 is 9.84 Å². The third-order valence-electron chi connectivity index (χ3n) is 1.31. The van der Waals surface area contributed by atoms with E-state index in [1.807, 2.05) is 0 Å². The third-order valence-corrected chi connectivity index (χ3v) is 1.31. The van der Waals surface area contributed by atoms with E-state index in [-0.39, 0.29) is 6.61 Å². The SMILES string of the molecule is OCCOCCc1cnc[nH]1. The summed E-state index contributed by atoms with van der Waals surface area (Å²) in [6.45, 7) is 1.12. The molecular formula is C7H12N2O2. The Hall–Kier alpha value is -0.870. The first kappa shape index (κ1) is 8.23. The molecule has 0 aromatic carbocycles. The minimum Gasteiger partial charge on any atom is -0.394 e. The van der Waals surface area contributed by atoms with E-state index in [4.69, 9.17) is 9.84 Å². The van der Waals surface area contributed by atoms with Crippen LogP contribution >= 0.6 is 0 Å². The van der Waals surface area contributed by atoms with Gasteiger partial charge in [0.1, 0.15) is 0 Å². The Morgan fingerprint density at radius 2 is 2.45 bits per heavy atom. The van der Waals surface area contributed by atoms with E-state index in [0.717, 1.165) is 12.1 Å². The van der Waals surface area contributed by atoms with Crippen LogP contribution in [0.15, 0.2) is 12.5 Å². The molecule has 4 heteroatoms. The summed E-state index contributed by atoms with van der Waals surface area (Å²) in [7, 11) is 0. The fourth-order valence-electron chi connectivity index (χ4n) is 0.770. The topological polar surface area (TPSA) is 58.1 Å². The fraction of sp³-hybridized carbons (Fsp3) is 0.571. The number of aliphatic hydroxyl groups is 1. The van der Waals surface area contributed by atoms with Crippen LogP contribution in [0.4, 0.5) is 0 Å². The van der Waals surface area contributed by atoms with Crippen molar-refractivity contribution >= 4 is 0 Å². The second-order valence-corrected chi connectivity index (χ2v) is 2.16. The van der Waals surface area contributed by atoms with Gasteiger partial charge in [-0.3, -0.25) is 0 Å². The summed E-state index contributed by atoms with van der Waals surface area (Å²) in [6.07, 6.45) is 4.23. The molecule has 0 bridgehead atoms. The number of rotatable bonds is 5. The van der Waals surface area contributed by atoms with Gasteiger partial charge >= 0.3 is 0 Å². The number of H-pyrrole nitrogens is 1. The van der Waals surface area contributed by atoms with Crippen molar-refractivity contribution in [3.05, 3.63) is 18.2 Å². The summed E-state index contributed by atoms with van der Waals surface area (Å²) in [5, 5.41) is 8.38. The average molecular weight is 156 g/mol. The summed E-state index contributed by atoms with van der Waals surface area (Å²) in [5.41, 5.74) is 1.06. The second-order valence-electron chi connectivity index (χ2n) is 2.16. The molecule has 0 radical (unpaired) electrons. The van der Waals surface area contributed by atoms with Crippen molar-refractivity contribution in [3.63, 3.8) is 0 Å². The lowest BCUT2D eigenvalue weighted by Gasteiger charge is -1.98. The Balaban J connectivity index is 2.04. The van der Waals surface area contributed by atoms with Gasteiger partial charge in [0.15, 0.2) is 0 Å². The molecule has 0 aliphatic carbocycles. The molecule has 11 heavy (non-hydrogen) atoms. The first-order valence-electron chi connectivity index (χ1n) is 3.59. The first-order chi connectivity index (χ1) is 5.43. The van der Waals surface area contributed by atoms with E-state index in [1.165, 1.54) is 0 Å². The molecule has 0 spiro atoms. The van der Waals surface area contributed by atoms with Gasteiger partial charge in [-0.25, -0.2) is 4.98 Å². The summed E-state index contributed by atoms with van der Waals surface area (Å²) in [5.74, 6) is 0. The monoisotopic (exact) mass is 156 g/mol. The molecule has 2 N–H and O–H groups in total. The zero-order valence-corrected chi connectivity index (χ0v) is 6.29. The van der Waals surface area contributed by atoms with Crippen molar-refractivity contribution in [2.75, 3.05) is 19.8 Å². The lowest BCUT2D eigenvalue weighted by Crippen LogP contribution is -2.03. The molecule has 0 saturated heterocycles. The zero-order valence-electron chi connectivity index (χ0n) is 6.29. The highest BCUT2D eigenvalue weighted by Crippen LogP contribution is 1.92. The third kappa shape index (κ3) is 3.15. The highest BCUT2D eigenvalue weighted by molar-refractivity contribution is 4.93. The summed E-state index contributed by atoms with van der Waals surface area (Å²) in [4.78, 5) is 6.82. The van der Waals surface area contributed by atoms with Crippen molar-refractivity contribution in [2.24, 2.45) is 0 Å². The van der Waals surface area contributed by atoms with Crippen LogP contribution < -0.4 is 0 Å². The molecule has 1 rings (SSSR count). The van der Waals surface area contributed by atoms with Crippen LogP contribution in [0.3, 0.4) is 0 Å². The molecular weight excluding hydrogens is 144 g/mol. The number of imidazole rings is 1. The van der Waals surface area contributed by atoms with Crippen LogP contribution in [-0.4, -0.2) is 34.9 Å². The lowest BCUT2D eigenvalue weighted by atomic mass is 10.3. The van der Waals surface area contributed by atoms with E-state index in [9.17, 15) is 0 Å². The zero-order chi connectivity index (χ0) is 7.94. The Labute approximate surface area is 65.2 Å². The molecule has 62 valence electrons. The molecule has 0 aliphatic rings. The van der Waals surface area contributed by atoms with Crippen LogP contribution in [0.5, 0.6) is 0 Å². The van der Waals surface area contributed by atoms with Crippen molar-refractivity contribution in [2.45, 2.75) is 6.42 Å².